The number of benzene rings is 2. The van der Waals surface area contributed by atoms with Gasteiger partial charge in [0, 0.05) is 21.9 Å². The summed E-state index contributed by atoms with van der Waals surface area (Å²) in [7, 11) is 0. The second kappa shape index (κ2) is 5.92. The molecule has 5 nitrogen and oxygen atoms in total. The standard InChI is InChI=1S/C14H10FNO4S/c1-8-4-9(16(19)20)6-11(5-8)21-10-2-3-13(15)12(7-10)14(17)18/h2-7H,1H3,(H,17,18). The van der Waals surface area contributed by atoms with Crippen LogP contribution in [0.3, 0.4) is 0 Å². The fraction of sp³-hybridized carbons (Fsp3) is 0.0714. The Hall–Kier alpha value is -2.41. The molecule has 0 bridgehead atoms. The van der Waals surface area contributed by atoms with Crippen LogP contribution < -0.4 is 0 Å². The molecule has 0 saturated carbocycles. The molecule has 0 unspecified atom stereocenters. The van der Waals surface area contributed by atoms with Crippen molar-refractivity contribution in [3.63, 3.8) is 0 Å². The van der Waals surface area contributed by atoms with E-state index in [1.165, 1.54) is 24.3 Å². The van der Waals surface area contributed by atoms with Crippen LogP contribution in [0.15, 0.2) is 46.2 Å². The normalized spacial score (nSPS) is 10.4. The maximum atomic E-state index is 13.3. The largest absolute Gasteiger partial charge is 0.478 e. The molecule has 108 valence electrons. The molecule has 0 aliphatic rings. The Morgan fingerprint density at radius 3 is 2.57 bits per heavy atom. The summed E-state index contributed by atoms with van der Waals surface area (Å²) in [6.45, 7) is 1.73. The molecule has 2 rings (SSSR count). The van der Waals surface area contributed by atoms with Crippen LogP contribution in [-0.4, -0.2) is 16.0 Å². The van der Waals surface area contributed by atoms with E-state index in [-0.39, 0.29) is 5.69 Å². The summed E-state index contributed by atoms with van der Waals surface area (Å²) in [5.74, 6) is -2.17. The van der Waals surface area contributed by atoms with Gasteiger partial charge in [-0.3, -0.25) is 10.1 Å². The highest BCUT2D eigenvalue weighted by atomic mass is 32.2. The van der Waals surface area contributed by atoms with E-state index in [0.717, 1.165) is 17.8 Å². The smallest absolute Gasteiger partial charge is 0.338 e. The van der Waals surface area contributed by atoms with Crippen molar-refractivity contribution in [3.8, 4) is 0 Å². The van der Waals surface area contributed by atoms with E-state index in [4.69, 9.17) is 5.11 Å². The lowest BCUT2D eigenvalue weighted by Crippen LogP contribution is -2.00. The first-order chi connectivity index (χ1) is 9.86. The van der Waals surface area contributed by atoms with Gasteiger partial charge in [0.15, 0.2) is 0 Å². The summed E-state index contributed by atoms with van der Waals surface area (Å²) in [6.07, 6.45) is 0. The van der Waals surface area contributed by atoms with Crippen molar-refractivity contribution < 1.29 is 19.2 Å². The molecule has 0 heterocycles. The number of rotatable bonds is 4. The Morgan fingerprint density at radius 1 is 1.24 bits per heavy atom. The first-order valence-corrected chi connectivity index (χ1v) is 6.65. The molecule has 0 fully saturated rings. The summed E-state index contributed by atoms with van der Waals surface area (Å²) < 4.78 is 13.3. The predicted octanol–water partition coefficient (Wildman–Crippen LogP) is 3.89. The predicted molar refractivity (Wildman–Crippen MR) is 75.3 cm³/mol. The Balaban J connectivity index is 2.36. The van der Waals surface area contributed by atoms with Crippen LogP contribution in [-0.2, 0) is 0 Å². The maximum absolute atomic E-state index is 13.3. The first kappa shape index (κ1) is 15.0. The molecule has 0 amide bonds. The van der Waals surface area contributed by atoms with Crippen LogP contribution in [0.5, 0.6) is 0 Å². The monoisotopic (exact) mass is 307 g/mol. The van der Waals surface area contributed by atoms with Gasteiger partial charge in [0.25, 0.3) is 5.69 Å². The highest BCUT2D eigenvalue weighted by molar-refractivity contribution is 7.99. The second-order valence-corrected chi connectivity index (χ2v) is 5.46. The van der Waals surface area contributed by atoms with Gasteiger partial charge >= 0.3 is 5.97 Å². The van der Waals surface area contributed by atoms with E-state index in [1.807, 2.05) is 0 Å². The summed E-state index contributed by atoms with van der Waals surface area (Å²) in [6, 6.07) is 8.27. The van der Waals surface area contributed by atoms with Gasteiger partial charge in [0.2, 0.25) is 0 Å². The van der Waals surface area contributed by atoms with Gasteiger partial charge in [0.05, 0.1) is 10.5 Å². The lowest BCUT2D eigenvalue weighted by molar-refractivity contribution is -0.385. The minimum absolute atomic E-state index is 0.0435. The number of nitrogens with zero attached hydrogens (tertiary/aromatic N) is 1. The quantitative estimate of drug-likeness (QED) is 0.684. The summed E-state index contributed by atoms with van der Waals surface area (Å²) in [5, 5.41) is 19.7. The van der Waals surface area contributed by atoms with Gasteiger partial charge in [-0.05, 0) is 36.8 Å². The molecule has 0 spiro atoms. The number of nitro benzene ring substituents is 1. The number of hydrogen-bond acceptors (Lipinski definition) is 4. The van der Waals surface area contributed by atoms with Gasteiger partial charge < -0.3 is 5.11 Å². The van der Waals surface area contributed by atoms with E-state index in [2.05, 4.69) is 0 Å². The SMILES string of the molecule is Cc1cc(Sc2ccc(F)c(C(=O)O)c2)cc([N+](=O)[O-])c1. The first-order valence-electron chi connectivity index (χ1n) is 5.83. The van der Waals surface area contributed by atoms with Gasteiger partial charge in [-0.25, -0.2) is 9.18 Å². The number of carboxylic acids is 1. The van der Waals surface area contributed by atoms with E-state index in [1.54, 1.807) is 13.0 Å². The van der Waals surface area contributed by atoms with Gasteiger partial charge in [0.1, 0.15) is 5.82 Å². The molecule has 0 saturated heterocycles. The third-order valence-electron chi connectivity index (χ3n) is 2.65. The minimum atomic E-state index is -1.36. The number of hydrogen-bond donors (Lipinski definition) is 1. The van der Waals surface area contributed by atoms with Crippen LogP contribution in [0.25, 0.3) is 0 Å². The zero-order chi connectivity index (χ0) is 15.6. The second-order valence-electron chi connectivity index (χ2n) is 4.31. The van der Waals surface area contributed by atoms with Crippen molar-refractivity contribution >= 4 is 23.4 Å². The fourth-order valence-corrected chi connectivity index (χ4v) is 2.77. The summed E-state index contributed by atoms with van der Waals surface area (Å²) >= 11 is 1.14. The van der Waals surface area contributed by atoms with Crippen LogP contribution in [0.2, 0.25) is 0 Å². The lowest BCUT2D eigenvalue weighted by Gasteiger charge is -2.05. The van der Waals surface area contributed by atoms with E-state index >= 15 is 0 Å². The molecule has 0 radical (unpaired) electrons. The third-order valence-corrected chi connectivity index (χ3v) is 3.61. The number of carboxylic acid groups (broad SMARTS) is 1. The van der Waals surface area contributed by atoms with E-state index in [0.29, 0.717) is 15.4 Å². The van der Waals surface area contributed by atoms with E-state index in [9.17, 15) is 19.3 Å². The molecule has 21 heavy (non-hydrogen) atoms. The Labute approximate surface area is 123 Å². The molecule has 0 aliphatic carbocycles. The molecule has 0 aromatic heterocycles. The fourth-order valence-electron chi connectivity index (χ4n) is 1.76. The molecule has 1 N–H and O–H groups in total. The lowest BCUT2D eigenvalue weighted by atomic mass is 10.2. The third kappa shape index (κ3) is 3.57. The molecule has 2 aromatic rings. The minimum Gasteiger partial charge on any atom is -0.478 e. The number of nitro groups is 1. The summed E-state index contributed by atoms with van der Waals surface area (Å²) in [4.78, 5) is 22.3. The van der Waals surface area contributed by atoms with Crippen molar-refractivity contribution in [2.45, 2.75) is 16.7 Å². The van der Waals surface area contributed by atoms with Crippen LogP contribution in [0, 0.1) is 22.9 Å². The van der Waals surface area contributed by atoms with Crippen molar-refractivity contribution in [1.82, 2.24) is 0 Å². The number of halogens is 1. The maximum Gasteiger partial charge on any atom is 0.338 e. The van der Waals surface area contributed by atoms with Crippen molar-refractivity contribution in [1.29, 1.82) is 0 Å². The molecular weight excluding hydrogens is 297 g/mol. The highest BCUT2D eigenvalue weighted by Crippen LogP contribution is 2.32. The number of carbonyl (C=O) groups is 1. The van der Waals surface area contributed by atoms with Crippen LogP contribution >= 0.6 is 11.8 Å². The van der Waals surface area contributed by atoms with Gasteiger partial charge in [-0.1, -0.05) is 11.8 Å². The molecular formula is C14H10FNO4S. The highest BCUT2D eigenvalue weighted by Gasteiger charge is 2.13. The number of non-ortho nitro benzene ring substituents is 1. The Bertz CT molecular complexity index is 733. The van der Waals surface area contributed by atoms with Crippen molar-refractivity contribution in [2.24, 2.45) is 0 Å². The molecule has 7 heteroatoms. The average Bonchev–Trinajstić information content (AvgIpc) is 2.40. The topological polar surface area (TPSA) is 80.4 Å². The van der Waals surface area contributed by atoms with Crippen molar-refractivity contribution in [3.05, 3.63) is 63.5 Å². The zero-order valence-corrected chi connectivity index (χ0v) is 11.7. The van der Waals surface area contributed by atoms with Crippen LogP contribution in [0.1, 0.15) is 15.9 Å². The Morgan fingerprint density at radius 2 is 1.95 bits per heavy atom. The zero-order valence-electron chi connectivity index (χ0n) is 10.9. The average molecular weight is 307 g/mol. The number of aryl methyl sites for hydroxylation is 1. The van der Waals surface area contributed by atoms with E-state index < -0.39 is 22.3 Å². The molecule has 0 atom stereocenters. The molecule has 2 aromatic carbocycles. The van der Waals surface area contributed by atoms with Crippen LogP contribution in [0.4, 0.5) is 10.1 Å². The van der Waals surface area contributed by atoms with Gasteiger partial charge in [-0.2, -0.15) is 0 Å². The Kier molecular flexibility index (Phi) is 4.23. The molecule has 0 aliphatic heterocycles. The van der Waals surface area contributed by atoms with Gasteiger partial charge in [-0.15, -0.1) is 0 Å². The summed E-state index contributed by atoms with van der Waals surface area (Å²) in [5.41, 5.74) is 0.243. The number of aromatic carboxylic acids is 1. The van der Waals surface area contributed by atoms with Crippen molar-refractivity contribution in [2.75, 3.05) is 0 Å².